The Morgan fingerprint density at radius 3 is 1.69 bits per heavy atom. The van der Waals surface area contributed by atoms with Crippen LogP contribution in [-0.2, 0) is 9.47 Å². The molecule has 0 aromatic rings. The van der Waals surface area contributed by atoms with Crippen molar-refractivity contribution in [3.63, 3.8) is 0 Å². The Hall–Kier alpha value is -0.0800. The smallest absolute Gasteiger partial charge is 0.154 e. The van der Waals surface area contributed by atoms with Gasteiger partial charge in [0.1, 0.15) is 0 Å². The van der Waals surface area contributed by atoms with E-state index in [1.165, 1.54) is 64.2 Å². The largest absolute Gasteiger partial charge is 0.356 e. The topological polar surface area (TPSA) is 18.5 Å². The van der Waals surface area contributed by atoms with E-state index in [0.29, 0.717) is 6.10 Å². The molecule has 1 aliphatic rings. The minimum Gasteiger partial charge on any atom is -0.356 e. The second-order valence-electron chi connectivity index (χ2n) is 4.97. The molecule has 1 aliphatic carbocycles. The normalized spacial score (nSPS) is 23.6. The van der Waals surface area contributed by atoms with E-state index in [-0.39, 0.29) is 6.29 Å². The Morgan fingerprint density at radius 2 is 1.25 bits per heavy atom. The van der Waals surface area contributed by atoms with Gasteiger partial charge in [-0.15, -0.1) is 0 Å². The van der Waals surface area contributed by atoms with E-state index in [9.17, 15) is 0 Å². The molecule has 16 heavy (non-hydrogen) atoms. The Bertz CT molecular complexity index is 147. The highest BCUT2D eigenvalue weighted by molar-refractivity contribution is 4.62. The monoisotopic (exact) mass is 228 g/mol. The van der Waals surface area contributed by atoms with Crippen molar-refractivity contribution in [3.05, 3.63) is 0 Å². The van der Waals surface area contributed by atoms with E-state index in [2.05, 4.69) is 0 Å². The zero-order valence-corrected chi connectivity index (χ0v) is 11.0. The van der Waals surface area contributed by atoms with Gasteiger partial charge in [-0.2, -0.15) is 0 Å². The molecule has 2 nitrogen and oxygen atoms in total. The van der Waals surface area contributed by atoms with Crippen LogP contribution < -0.4 is 0 Å². The third-order valence-corrected chi connectivity index (χ3v) is 3.52. The molecule has 0 radical (unpaired) electrons. The molecule has 0 aromatic carbocycles. The predicted octanol–water partition coefficient (Wildman–Crippen LogP) is 4.28. The lowest BCUT2D eigenvalue weighted by molar-refractivity contribution is -0.147. The van der Waals surface area contributed by atoms with E-state index in [0.717, 1.165) is 0 Å². The number of hydrogen-bond donors (Lipinski definition) is 0. The van der Waals surface area contributed by atoms with E-state index < -0.39 is 0 Å². The van der Waals surface area contributed by atoms with Crippen LogP contribution in [0.3, 0.4) is 0 Å². The van der Waals surface area contributed by atoms with Gasteiger partial charge in [0.05, 0.1) is 6.10 Å². The second kappa shape index (κ2) is 9.00. The minimum absolute atomic E-state index is 0.0462. The van der Waals surface area contributed by atoms with Crippen LogP contribution in [-0.4, -0.2) is 19.5 Å². The van der Waals surface area contributed by atoms with Gasteiger partial charge >= 0.3 is 0 Å². The highest BCUT2D eigenvalue weighted by Gasteiger charge is 2.13. The van der Waals surface area contributed by atoms with Crippen molar-refractivity contribution in [2.24, 2.45) is 0 Å². The van der Waals surface area contributed by atoms with Crippen LogP contribution in [0.15, 0.2) is 0 Å². The van der Waals surface area contributed by atoms with E-state index in [4.69, 9.17) is 9.47 Å². The summed E-state index contributed by atoms with van der Waals surface area (Å²) in [6, 6.07) is 0. The molecular weight excluding hydrogens is 200 g/mol. The molecule has 0 heterocycles. The maximum absolute atomic E-state index is 5.89. The molecule has 1 fully saturated rings. The second-order valence-corrected chi connectivity index (χ2v) is 4.97. The van der Waals surface area contributed by atoms with E-state index in [1.807, 2.05) is 6.92 Å². The Morgan fingerprint density at radius 1 is 0.812 bits per heavy atom. The molecule has 0 aromatic heterocycles. The van der Waals surface area contributed by atoms with Crippen LogP contribution in [0.1, 0.15) is 71.1 Å². The quantitative estimate of drug-likeness (QED) is 0.671. The molecule has 1 saturated carbocycles. The van der Waals surface area contributed by atoms with Crippen molar-refractivity contribution < 1.29 is 9.47 Å². The van der Waals surface area contributed by atoms with Crippen molar-refractivity contribution in [1.82, 2.24) is 0 Å². The first-order valence-corrected chi connectivity index (χ1v) is 7.01. The van der Waals surface area contributed by atoms with Gasteiger partial charge < -0.3 is 9.47 Å². The number of hydrogen-bond acceptors (Lipinski definition) is 2. The Kier molecular flexibility index (Phi) is 7.87. The molecule has 0 bridgehead atoms. The van der Waals surface area contributed by atoms with Crippen LogP contribution in [0, 0.1) is 0 Å². The first-order chi connectivity index (χ1) is 7.83. The van der Waals surface area contributed by atoms with Crippen LogP contribution in [0.5, 0.6) is 0 Å². The van der Waals surface area contributed by atoms with Gasteiger partial charge in [-0.25, -0.2) is 0 Å². The zero-order valence-electron chi connectivity index (χ0n) is 11.0. The summed E-state index contributed by atoms with van der Waals surface area (Å²) in [5.74, 6) is 0. The summed E-state index contributed by atoms with van der Waals surface area (Å²) in [7, 11) is 1.72. The highest BCUT2D eigenvalue weighted by Crippen LogP contribution is 2.19. The lowest BCUT2D eigenvalue weighted by Crippen LogP contribution is -2.21. The van der Waals surface area contributed by atoms with Gasteiger partial charge in [0.25, 0.3) is 0 Å². The van der Waals surface area contributed by atoms with Gasteiger partial charge in [0.2, 0.25) is 0 Å². The van der Waals surface area contributed by atoms with Crippen molar-refractivity contribution in [1.29, 1.82) is 0 Å². The first kappa shape index (κ1) is 14.0. The van der Waals surface area contributed by atoms with Crippen molar-refractivity contribution in [2.45, 2.75) is 83.5 Å². The maximum atomic E-state index is 5.89. The summed E-state index contributed by atoms with van der Waals surface area (Å²) in [4.78, 5) is 0. The summed E-state index contributed by atoms with van der Waals surface area (Å²) >= 11 is 0. The molecule has 1 atom stereocenters. The molecule has 1 rings (SSSR count). The van der Waals surface area contributed by atoms with Crippen LogP contribution in [0.2, 0.25) is 0 Å². The minimum atomic E-state index is -0.0462. The fourth-order valence-corrected chi connectivity index (χ4v) is 2.41. The zero-order chi connectivity index (χ0) is 11.6. The Labute approximate surface area is 101 Å². The third-order valence-electron chi connectivity index (χ3n) is 3.52. The molecule has 0 amide bonds. The molecule has 1 unspecified atom stereocenters. The fourth-order valence-electron chi connectivity index (χ4n) is 2.41. The molecule has 0 N–H and O–H groups in total. The lowest BCUT2D eigenvalue weighted by Gasteiger charge is -2.21. The SMILES string of the molecule is COC(C)OC1CCCCCCCCCC1. The molecular formula is C14H28O2. The summed E-state index contributed by atoms with van der Waals surface area (Å²) < 4.78 is 11.1. The molecule has 0 spiro atoms. The van der Waals surface area contributed by atoms with Crippen LogP contribution in [0.4, 0.5) is 0 Å². The van der Waals surface area contributed by atoms with Gasteiger partial charge in [0.15, 0.2) is 6.29 Å². The summed E-state index contributed by atoms with van der Waals surface area (Å²) in [5, 5.41) is 0. The third kappa shape index (κ3) is 6.49. The van der Waals surface area contributed by atoms with Crippen molar-refractivity contribution in [2.75, 3.05) is 7.11 Å². The van der Waals surface area contributed by atoms with E-state index >= 15 is 0 Å². The van der Waals surface area contributed by atoms with Crippen molar-refractivity contribution in [3.8, 4) is 0 Å². The van der Waals surface area contributed by atoms with Gasteiger partial charge in [0, 0.05) is 7.11 Å². The predicted molar refractivity (Wildman–Crippen MR) is 67.5 cm³/mol. The Balaban J connectivity index is 2.27. The van der Waals surface area contributed by atoms with Crippen LogP contribution in [0.25, 0.3) is 0 Å². The van der Waals surface area contributed by atoms with Crippen molar-refractivity contribution >= 4 is 0 Å². The molecule has 96 valence electrons. The average Bonchev–Trinajstić information content (AvgIpc) is 2.35. The summed E-state index contributed by atoms with van der Waals surface area (Å²) in [6.45, 7) is 1.99. The number of methoxy groups -OCH3 is 1. The lowest BCUT2D eigenvalue weighted by atomic mass is 10.1. The summed E-state index contributed by atoms with van der Waals surface area (Å²) in [6.07, 6.45) is 13.9. The highest BCUT2D eigenvalue weighted by atomic mass is 16.7. The van der Waals surface area contributed by atoms with Crippen LogP contribution >= 0.6 is 0 Å². The molecule has 0 saturated heterocycles. The number of ether oxygens (including phenoxy) is 2. The number of rotatable bonds is 3. The van der Waals surface area contributed by atoms with Gasteiger partial charge in [-0.3, -0.25) is 0 Å². The summed E-state index contributed by atoms with van der Waals surface area (Å²) in [5.41, 5.74) is 0. The van der Waals surface area contributed by atoms with Gasteiger partial charge in [-0.05, 0) is 19.8 Å². The molecule has 2 heteroatoms. The average molecular weight is 228 g/mol. The standard InChI is InChI=1S/C14H28O2/c1-13(15-2)16-14-11-9-7-5-3-4-6-8-10-12-14/h13-14H,3-12H2,1-2H3. The first-order valence-electron chi connectivity index (χ1n) is 7.01. The maximum Gasteiger partial charge on any atom is 0.154 e. The van der Waals surface area contributed by atoms with E-state index in [1.54, 1.807) is 7.11 Å². The molecule has 0 aliphatic heterocycles. The van der Waals surface area contributed by atoms with Gasteiger partial charge in [-0.1, -0.05) is 51.4 Å². The fraction of sp³-hybridized carbons (Fsp3) is 1.00.